The molecule has 10 heteroatoms. The van der Waals surface area contributed by atoms with Crippen molar-refractivity contribution in [3.8, 4) is 0 Å². The highest BCUT2D eigenvalue weighted by Crippen LogP contribution is 2.44. The van der Waals surface area contributed by atoms with E-state index in [9.17, 15) is 9.59 Å². The maximum atomic E-state index is 12.7. The maximum absolute atomic E-state index is 12.7. The third kappa shape index (κ3) is 6.56. The first-order valence-corrected chi connectivity index (χ1v) is 13.8. The molecule has 0 bridgehead atoms. The van der Waals surface area contributed by atoms with Crippen LogP contribution in [-0.4, -0.2) is 47.9 Å². The van der Waals surface area contributed by atoms with Gasteiger partial charge in [-0.25, -0.2) is 0 Å². The second-order valence-corrected chi connectivity index (χ2v) is 10.9. The quantitative estimate of drug-likeness (QED) is 0.266. The first kappa shape index (κ1) is 32.2. The van der Waals surface area contributed by atoms with Crippen LogP contribution in [0.3, 0.4) is 0 Å². The summed E-state index contributed by atoms with van der Waals surface area (Å²) in [5.41, 5.74) is 1.81. The molecule has 0 aromatic heterocycles. The van der Waals surface area contributed by atoms with Crippen molar-refractivity contribution in [3.63, 3.8) is 0 Å². The van der Waals surface area contributed by atoms with Crippen LogP contribution in [0.4, 0.5) is 0 Å². The van der Waals surface area contributed by atoms with Crippen molar-refractivity contribution in [2.24, 2.45) is 0 Å². The summed E-state index contributed by atoms with van der Waals surface area (Å²) in [5.74, 6) is -0.369. The van der Waals surface area contributed by atoms with E-state index < -0.39 is 11.2 Å². The van der Waals surface area contributed by atoms with Crippen LogP contribution < -0.4 is 10.6 Å². The maximum Gasteiger partial charge on any atom is 0.256 e. The van der Waals surface area contributed by atoms with Gasteiger partial charge < -0.3 is 20.1 Å². The summed E-state index contributed by atoms with van der Waals surface area (Å²) in [6.45, 7) is 5.01. The summed E-state index contributed by atoms with van der Waals surface area (Å²) in [6.07, 6.45) is 13.8. The Morgan fingerprint density at radius 2 is 1.00 bits per heavy atom. The lowest BCUT2D eigenvalue weighted by Gasteiger charge is -2.33. The standard InChI is InChI=1S/C28H42N4O4.2ClH/c1-19-21(23(29)35-27(19)13-7-5-8-14-27)25(33)31-17-11-3-4-12-18-32-26(34)22-20(2)28(36-24(22)30)15-9-6-10-16-28;;/h29-30H,3-18H2,1-2H3,(H,31,33)(H,32,34);2*1H. The van der Waals surface area contributed by atoms with Gasteiger partial charge in [0.05, 0.1) is 0 Å². The summed E-state index contributed by atoms with van der Waals surface area (Å²) in [7, 11) is 0. The molecule has 0 aromatic carbocycles. The molecule has 0 saturated heterocycles. The van der Waals surface area contributed by atoms with E-state index in [1.54, 1.807) is 0 Å². The fraction of sp³-hybridized carbons (Fsp3) is 0.714. The second kappa shape index (κ2) is 13.8. The predicted octanol–water partition coefficient (Wildman–Crippen LogP) is 5.68. The van der Waals surface area contributed by atoms with Crippen LogP contribution in [0.1, 0.15) is 104 Å². The van der Waals surface area contributed by atoms with Gasteiger partial charge in [-0.1, -0.05) is 25.7 Å². The van der Waals surface area contributed by atoms with Gasteiger partial charge in [0, 0.05) is 13.1 Å². The zero-order valence-corrected chi connectivity index (χ0v) is 24.4. The number of amides is 2. The lowest BCUT2D eigenvalue weighted by Crippen LogP contribution is -2.33. The largest absolute Gasteiger partial charge is 0.466 e. The molecule has 4 rings (SSSR count). The molecule has 2 heterocycles. The molecule has 4 aliphatic rings. The van der Waals surface area contributed by atoms with E-state index in [4.69, 9.17) is 20.3 Å². The Balaban J connectivity index is 0.00000253. The molecule has 4 N–H and O–H groups in total. The van der Waals surface area contributed by atoms with Crippen LogP contribution >= 0.6 is 24.8 Å². The van der Waals surface area contributed by atoms with E-state index >= 15 is 0 Å². The fourth-order valence-electron chi connectivity index (χ4n) is 6.37. The highest BCUT2D eigenvalue weighted by molar-refractivity contribution is 6.20. The first-order chi connectivity index (χ1) is 17.3. The highest BCUT2D eigenvalue weighted by atomic mass is 35.5. The predicted molar refractivity (Wildman–Crippen MR) is 154 cm³/mol. The molecule has 2 aliphatic carbocycles. The van der Waals surface area contributed by atoms with Gasteiger partial charge in [-0.3, -0.25) is 20.4 Å². The van der Waals surface area contributed by atoms with Crippen molar-refractivity contribution >= 4 is 48.4 Å². The zero-order valence-electron chi connectivity index (χ0n) is 22.8. The first-order valence-electron chi connectivity index (χ1n) is 13.8. The minimum absolute atomic E-state index is 0. The van der Waals surface area contributed by atoms with Gasteiger partial charge in [-0.2, -0.15) is 0 Å². The Bertz CT molecular complexity index is 901. The molecule has 214 valence electrons. The fourth-order valence-corrected chi connectivity index (χ4v) is 6.37. The SMILES string of the molecule is CC1=C(C(=O)NCCCCCCNC(=O)C2=C(C)C3(CCCCC3)OC2=N)C(=N)OC12CCCCC2.Cl.Cl. The van der Waals surface area contributed by atoms with Crippen molar-refractivity contribution in [1.82, 2.24) is 10.6 Å². The highest BCUT2D eigenvalue weighted by Gasteiger charge is 2.47. The lowest BCUT2D eigenvalue weighted by molar-refractivity contribution is -0.117. The molecule has 8 nitrogen and oxygen atoms in total. The lowest BCUT2D eigenvalue weighted by atomic mass is 9.79. The van der Waals surface area contributed by atoms with Crippen LogP contribution in [-0.2, 0) is 19.1 Å². The zero-order chi connectivity index (χ0) is 25.8. The third-order valence-corrected chi connectivity index (χ3v) is 8.62. The normalized spacial score (nSPS) is 21.5. The van der Waals surface area contributed by atoms with Gasteiger partial charge in [0.15, 0.2) is 0 Å². The number of carbonyl (C=O) groups excluding carboxylic acids is 2. The summed E-state index contributed by atoms with van der Waals surface area (Å²) in [4.78, 5) is 25.4. The topological polar surface area (TPSA) is 124 Å². The number of ether oxygens (including phenoxy) is 2. The molecule has 2 aliphatic heterocycles. The van der Waals surface area contributed by atoms with Crippen molar-refractivity contribution in [3.05, 3.63) is 22.3 Å². The van der Waals surface area contributed by atoms with Gasteiger partial charge in [0.1, 0.15) is 22.3 Å². The van der Waals surface area contributed by atoms with E-state index in [1.807, 2.05) is 13.8 Å². The van der Waals surface area contributed by atoms with Gasteiger partial charge in [-0.05, 0) is 89.2 Å². The Labute approximate surface area is 239 Å². The smallest absolute Gasteiger partial charge is 0.256 e. The van der Waals surface area contributed by atoms with E-state index in [1.165, 1.54) is 12.8 Å². The van der Waals surface area contributed by atoms with E-state index in [0.29, 0.717) is 24.2 Å². The average molecular weight is 572 g/mol. The molecule has 2 fully saturated rings. The monoisotopic (exact) mass is 570 g/mol. The van der Waals surface area contributed by atoms with Gasteiger partial charge in [0.2, 0.25) is 11.8 Å². The minimum Gasteiger partial charge on any atom is -0.466 e. The van der Waals surface area contributed by atoms with Crippen LogP contribution in [0.25, 0.3) is 0 Å². The molecule has 2 spiro atoms. The minimum atomic E-state index is -0.429. The number of carbonyl (C=O) groups is 2. The Hall–Kier alpha value is -2.06. The van der Waals surface area contributed by atoms with Crippen LogP contribution in [0.15, 0.2) is 22.3 Å². The van der Waals surface area contributed by atoms with E-state index in [0.717, 1.165) is 88.2 Å². The van der Waals surface area contributed by atoms with Crippen LogP contribution in [0.5, 0.6) is 0 Å². The Morgan fingerprint density at radius 1 is 0.658 bits per heavy atom. The summed E-state index contributed by atoms with van der Waals surface area (Å²) < 4.78 is 11.8. The molecule has 38 heavy (non-hydrogen) atoms. The molecular formula is C28H44Cl2N4O4. The van der Waals surface area contributed by atoms with Crippen molar-refractivity contribution in [2.45, 2.75) is 115 Å². The molecule has 0 radical (unpaired) electrons. The van der Waals surface area contributed by atoms with Crippen molar-refractivity contribution in [1.29, 1.82) is 10.8 Å². The summed E-state index contributed by atoms with van der Waals surface area (Å²) in [6, 6.07) is 0. The second-order valence-electron chi connectivity index (χ2n) is 10.9. The third-order valence-electron chi connectivity index (χ3n) is 8.62. The van der Waals surface area contributed by atoms with Gasteiger partial charge in [-0.15, -0.1) is 24.8 Å². The number of rotatable bonds is 9. The summed E-state index contributed by atoms with van der Waals surface area (Å²) >= 11 is 0. The number of halogens is 2. The number of hydrogen-bond acceptors (Lipinski definition) is 6. The number of hydrogen-bond donors (Lipinski definition) is 4. The average Bonchev–Trinajstić information content (AvgIpc) is 3.24. The van der Waals surface area contributed by atoms with Crippen LogP contribution in [0, 0.1) is 10.8 Å². The molecule has 0 atom stereocenters. The Kier molecular flexibility index (Phi) is 11.7. The molecule has 2 amide bonds. The number of nitrogens with one attached hydrogen (secondary N) is 4. The van der Waals surface area contributed by atoms with Crippen molar-refractivity contribution < 1.29 is 19.1 Å². The molecular weight excluding hydrogens is 527 g/mol. The molecule has 0 unspecified atom stereocenters. The van der Waals surface area contributed by atoms with Gasteiger partial charge in [0.25, 0.3) is 11.8 Å². The van der Waals surface area contributed by atoms with Gasteiger partial charge >= 0.3 is 0 Å². The number of unbranched alkanes of at least 4 members (excludes halogenated alkanes) is 3. The van der Waals surface area contributed by atoms with E-state index in [2.05, 4.69) is 10.6 Å². The van der Waals surface area contributed by atoms with Crippen LogP contribution in [0.2, 0.25) is 0 Å². The molecule has 0 aromatic rings. The molecule has 2 saturated carbocycles. The van der Waals surface area contributed by atoms with Crippen molar-refractivity contribution in [2.75, 3.05) is 13.1 Å². The Morgan fingerprint density at radius 3 is 1.34 bits per heavy atom. The van der Waals surface area contributed by atoms with E-state index in [-0.39, 0.29) is 48.4 Å². The summed E-state index contributed by atoms with van der Waals surface area (Å²) in [5, 5.41) is 22.3.